The Labute approximate surface area is 191 Å². The number of hydrogen-bond acceptors (Lipinski definition) is 8. The molecule has 3 heterocycles. The zero-order valence-corrected chi connectivity index (χ0v) is 18.4. The maximum absolute atomic E-state index is 12.8. The van der Waals surface area contributed by atoms with Crippen LogP contribution in [-0.4, -0.2) is 39.4 Å². The quantitative estimate of drug-likeness (QED) is 0.442. The summed E-state index contributed by atoms with van der Waals surface area (Å²) in [5, 5.41) is 3.34. The van der Waals surface area contributed by atoms with E-state index in [1.54, 1.807) is 12.1 Å². The minimum atomic E-state index is -0.215. The second-order valence-electron chi connectivity index (χ2n) is 6.73. The number of hydrogen-bond donors (Lipinski definition) is 1. The molecule has 0 bridgehead atoms. The Morgan fingerprint density at radius 2 is 2.06 bits per heavy atom. The molecule has 0 radical (unpaired) electrons. The van der Waals surface area contributed by atoms with E-state index in [0.29, 0.717) is 25.9 Å². The van der Waals surface area contributed by atoms with Gasteiger partial charge in [-0.05, 0) is 35.9 Å². The van der Waals surface area contributed by atoms with Crippen molar-refractivity contribution in [2.24, 2.45) is 0 Å². The van der Waals surface area contributed by atoms with Crippen molar-refractivity contribution in [3.8, 4) is 11.5 Å². The maximum atomic E-state index is 12.8. The number of thiazole rings is 1. The fourth-order valence-electron chi connectivity index (χ4n) is 3.17. The highest BCUT2D eigenvalue weighted by Gasteiger charge is 2.32. The van der Waals surface area contributed by atoms with Crippen LogP contribution in [0.25, 0.3) is 16.3 Å². The predicted molar refractivity (Wildman–Crippen MR) is 125 cm³/mol. The first-order valence-electron chi connectivity index (χ1n) is 9.37. The lowest BCUT2D eigenvalue weighted by molar-refractivity contribution is -0.122. The van der Waals surface area contributed by atoms with Gasteiger partial charge >= 0.3 is 0 Å². The molecule has 10 heteroatoms. The highest BCUT2D eigenvalue weighted by molar-refractivity contribution is 8.26. The number of nitrogens with one attached hydrogen (secondary N) is 1. The van der Waals surface area contributed by atoms with Gasteiger partial charge in [0.05, 0.1) is 15.1 Å². The van der Waals surface area contributed by atoms with E-state index in [4.69, 9.17) is 21.7 Å². The van der Waals surface area contributed by atoms with Crippen LogP contribution < -0.4 is 14.8 Å². The first kappa shape index (κ1) is 20.0. The maximum Gasteiger partial charge on any atom is 0.266 e. The van der Waals surface area contributed by atoms with E-state index in [1.807, 2.05) is 36.4 Å². The van der Waals surface area contributed by atoms with Crippen LogP contribution in [0.4, 0.5) is 5.13 Å². The standard InChI is InChI=1S/C21H15N3O4S3/c25-18(23-20-22-13-3-1-2-4-16(13)30-20)7-8-24-19(26)17(31-21(24)29)10-12-5-6-14-15(9-12)28-11-27-14/h1-6,9-10H,7-8,11H2,(H,22,23,25)/b17-10-. The van der Waals surface area contributed by atoms with Gasteiger partial charge in [0.15, 0.2) is 16.6 Å². The average molecular weight is 470 g/mol. The fourth-order valence-corrected chi connectivity index (χ4v) is 5.36. The van der Waals surface area contributed by atoms with E-state index in [1.165, 1.54) is 28.0 Å². The topological polar surface area (TPSA) is 80.8 Å². The number of benzene rings is 2. The molecule has 0 aliphatic carbocycles. The molecule has 2 amide bonds. The van der Waals surface area contributed by atoms with Crippen molar-refractivity contribution in [1.82, 2.24) is 9.88 Å². The van der Waals surface area contributed by atoms with Gasteiger partial charge in [0.2, 0.25) is 12.7 Å². The summed E-state index contributed by atoms with van der Waals surface area (Å²) in [4.78, 5) is 31.5. The Hall–Kier alpha value is -2.95. The number of rotatable bonds is 5. The van der Waals surface area contributed by atoms with Gasteiger partial charge in [-0.1, -0.05) is 53.5 Å². The number of fused-ring (bicyclic) bond motifs is 2. The summed E-state index contributed by atoms with van der Waals surface area (Å²) < 4.78 is 12.1. The highest BCUT2D eigenvalue weighted by atomic mass is 32.2. The number of carbonyl (C=O) groups is 2. The van der Waals surface area contributed by atoms with Crippen LogP contribution >= 0.6 is 35.3 Å². The number of aromatic nitrogens is 1. The molecule has 1 fully saturated rings. The molecular formula is C21H15N3O4S3. The number of para-hydroxylation sites is 1. The third-order valence-electron chi connectivity index (χ3n) is 4.67. The number of nitrogens with zero attached hydrogens (tertiary/aromatic N) is 2. The molecule has 0 spiro atoms. The van der Waals surface area contributed by atoms with E-state index in [-0.39, 0.29) is 31.6 Å². The van der Waals surface area contributed by atoms with Crippen molar-refractivity contribution in [3.05, 3.63) is 52.9 Å². The zero-order valence-electron chi connectivity index (χ0n) is 16.0. The first-order valence-corrected chi connectivity index (χ1v) is 11.4. The molecule has 2 aliphatic heterocycles. The third-order valence-corrected chi connectivity index (χ3v) is 7.00. The van der Waals surface area contributed by atoms with Crippen LogP contribution in [0.3, 0.4) is 0 Å². The van der Waals surface area contributed by atoms with Gasteiger partial charge in [-0.3, -0.25) is 14.5 Å². The summed E-state index contributed by atoms with van der Waals surface area (Å²) in [5.41, 5.74) is 1.66. The number of amides is 2. The molecule has 1 aromatic heterocycles. The van der Waals surface area contributed by atoms with Gasteiger partial charge in [-0.25, -0.2) is 4.98 Å². The van der Waals surface area contributed by atoms with Gasteiger partial charge in [-0.2, -0.15) is 0 Å². The lowest BCUT2D eigenvalue weighted by Gasteiger charge is -2.13. The summed E-state index contributed by atoms with van der Waals surface area (Å²) in [7, 11) is 0. The Kier molecular flexibility index (Phi) is 5.34. The van der Waals surface area contributed by atoms with E-state index in [0.717, 1.165) is 15.8 Å². The molecule has 0 atom stereocenters. The molecule has 31 heavy (non-hydrogen) atoms. The molecule has 7 nitrogen and oxygen atoms in total. The van der Waals surface area contributed by atoms with Crippen molar-refractivity contribution >= 4 is 72.9 Å². The third kappa shape index (κ3) is 4.14. The van der Waals surface area contributed by atoms with E-state index < -0.39 is 0 Å². The van der Waals surface area contributed by atoms with Gasteiger partial charge in [-0.15, -0.1) is 0 Å². The lowest BCUT2D eigenvalue weighted by Crippen LogP contribution is -2.31. The molecule has 2 aliphatic rings. The fraction of sp³-hybridized carbons (Fsp3) is 0.143. The van der Waals surface area contributed by atoms with Crippen molar-refractivity contribution in [1.29, 1.82) is 0 Å². The van der Waals surface area contributed by atoms with Gasteiger partial charge in [0.25, 0.3) is 5.91 Å². The molecule has 1 N–H and O–H groups in total. The van der Waals surface area contributed by atoms with Gasteiger partial charge in [0, 0.05) is 13.0 Å². The smallest absolute Gasteiger partial charge is 0.266 e. The first-order chi connectivity index (χ1) is 15.1. The SMILES string of the molecule is O=C(CCN1C(=O)/C(=C/c2ccc3c(c2)OCO3)SC1=S)Nc1nc2ccccc2s1. The monoisotopic (exact) mass is 469 g/mol. The highest BCUT2D eigenvalue weighted by Crippen LogP contribution is 2.36. The zero-order chi connectivity index (χ0) is 21.4. The van der Waals surface area contributed by atoms with E-state index >= 15 is 0 Å². The minimum Gasteiger partial charge on any atom is -0.454 e. The molecule has 5 rings (SSSR count). The van der Waals surface area contributed by atoms with Gasteiger partial charge in [0.1, 0.15) is 4.32 Å². The number of anilines is 1. The summed E-state index contributed by atoms with van der Waals surface area (Å²) >= 11 is 7.99. The molecular weight excluding hydrogens is 454 g/mol. The second kappa shape index (κ2) is 8.29. The average Bonchev–Trinajstić information content (AvgIpc) is 3.44. The minimum absolute atomic E-state index is 0.125. The van der Waals surface area contributed by atoms with Crippen LogP contribution in [-0.2, 0) is 9.59 Å². The Bertz CT molecular complexity index is 1220. The van der Waals surface area contributed by atoms with E-state index in [9.17, 15) is 9.59 Å². The predicted octanol–water partition coefficient (Wildman–Crippen LogP) is 4.26. The molecule has 1 saturated heterocycles. The lowest BCUT2D eigenvalue weighted by atomic mass is 10.2. The molecule has 3 aromatic rings. The number of thioether (sulfide) groups is 1. The number of carbonyl (C=O) groups excluding carboxylic acids is 2. The summed E-state index contributed by atoms with van der Waals surface area (Å²) in [6.45, 7) is 0.403. The largest absolute Gasteiger partial charge is 0.454 e. The Morgan fingerprint density at radius 1 is 1.23 bits per heavy atom. The van der Waals surface area contributed by atoms with Crippen molar-refractivity contribution in [2.45, 2.75) is 6.42 Å². The normalized spacial score (nSPS) is 16.5. The molecule has 156 valence electrons. The molecule has 2 aromatic carbocycles. The number of ether oxygens (including phenoxy) is 2. The van der Waals surface area contributed by atoms with Crippen LogP contribution in [0.15, 0.2) is 47.4 Å². The second-order valence-corrected chi connectivity index (χ2v) is 9.44. The Morgan fingerprint density at radius 3 is 2.94 bits per heavy atom. The van der Waals surface area contributed by atoms with Crippen LogP contribution in [0, 0.1) is 0 Å². The van der Waals surface area contributed by atoms with Gasteiger partial charge < -0.3 is 14.8 Å². The summed E-state index contributed by atoms with van der Waals surface area (Å²) in [6, 6.07) is 13.2. The number of thiocarbonyl (C=S) groups is 1. The van der Waals surface area contributed by atoms with Crippen molar-refractivity contribution < 1.29 is 19.1 Å². The Balaban J connectivity index is 1.22. The summed E-state index contributed by atoms with van der Waals surface area (Å²) in [6.07, 6.45) is 1.89. The van der Waals surface area contributed by atoms with Crippen molar-refractivity contribution in [3.63, 3.8) is 0 Å². The van der Waals surface area contributed by atoms with Crippen molar-refractivity contribution in [2.75, 3.05) is 18.7 Å². The summed E-state index contributed by atoms with van der Waals surface area (Å²) in [5.74, 6) is 0.910. The van der Waals surface area contributed by atoms with Crippen LogP contribution in [0.2, 0.25) is 0 Å². The van der Waals surface area contributed by atoms with Crippen LogP contribution in [0.1, 0.15) is 12.0 Å². The van der Waals surface area contributed by atoms with Crippen LogP contribution in [0.5, 0.6) is 11.5 Å². The van der Waals surface area contributed by atoms with E-state index in [2.05, 4.69) is 10.3 Å². The molecule has 0 saturated carbocycles. The molecule has 0 unspecified atom stereocenters.